The Morgan fingerprint density at radius 2 is 1.90 bits per heavy atom. The third-order valence-corrected chi connectivity index (χ3v) is 6.09. The molecule has 1 aromatic carbocycles. The smallest absolute Gasteiger partial charge is 0.277 e. The van der Waals surface area contributed by atoms with E-state index in [-0.39, 0.29) is 17.5 Å². The van der Waals surface area contributed by atoms with Gasteiger partial charge in [0.1, 0.15) is 11.6 Å². The van der Waals surface area contributed by atoms with Crippen molar-refractivity contribution in [2.75, 3.05) is 13.1 Å². The SMILES string of the molecule is Cc1nn(C)c2c(=O)n(C(C)C(=O)NC3CCN(Cc4ccccc4)CC3)ccc12. The lowest BCUT2D eigenvalue weighted by atomic mass is 10.0. The summed E-state index contributed by atoms with van der Waals surface area (Å²) in [6.45, 7) is 6.50. The second kappa shape index (κ2) is 8.44. The number of benzene rings is 1. The highest BCUT2D eigenvalue weighted by Gasteiger charge is 2.24. The molecule has 7 nitrogen and oxygen atoms in total. The van der Waals surface area contributed by atoms with Gasteiger partial charge in [-0.25, -0.2) is 0 Å². The molecule has 1 N–H and O–H groups in total. The Balaban J connectivity index is 1.38. The van der Waals surface area contributed by atoms with E-state index in [4.69, 9.17) is 0 Å². The maximum absolute atomic E-state index is 12.9. The van der Waals surface area contributed by atoms with Gasteiger partial charge in [0.05, 0.1) is 5.69 Å². The number of nitrogens with one attached hydrogen (secondary N) is 1. The van der Waals surface area contributed by atoms with Crippen LogP contribution in [0.2, 0.25) is 0 Å². The zero-order valence-corrected chi connectivity index (χ0v) is 17.8. The molecule has 30 heavy (non-hydrogen) atoms. The van der Waals surface area contributed by atoms with Gasteiger partial charge in [-0.15, -0.1) is 0 Å². The molecule has 1 saturated heterocycles. The van der Waals surface area contributed by atoms with E-state index in [2.05, 4.69) is 39.6 Å². The van der Waals surface area contributed by atoms with Crippen molar-refractivity contribution in [1.29, 1.82) is 0 Å². The van der Waals surface area contributed by atoms with Crippen molar-refractivity contribution >= 4 is 16.8 Å². The molecular weight excluding hydrogens is 378 g/mol. The number of rotatable bonds is 5. The molecule has 3 aromatic rings. The van der Waals surface area contributed by atoms with Crippen molar-refractivity contribution in [1.82, 2.24) is 24.6 Å². The number of likely N-dealkylation sites (tertiary alicyclic amines) is 1. The van der Waals surface area contributed by atoms with Crippen LogP contribution in [0.3, 0.4) is 0 Å². The summed E-state index contributed by atoms with van der Waals surface area (Å²) in [6.07, 6.45) is 3.53. The number of carbonyl (C=O) groups is 1. The fourth-order valence-electron chi connectivity index (χ4n) is 4.30. The van der Waals surface area contributed by atoms with Gasteiger partial charge in [-0.3, -0.25) is 19.2 Å². The molecule has 0 radical (unpaired) electrons. The van der Waals surface area contributed by atoms with Gasteiger partial charge >= 0.3 is 0 Å². The van der Waals surface area contributed by atoms with Crippen LogP contribution in [0.1, 0.15) is 37.1 Å². The van der Waals surface area contributed by atoms with E-state index in [0.717, 1.165) is 43.6 Å². The lowest BCUT2D eigenvalue weighted by Gasteiger charge is -2.33. The number of nitrogens with zero attached hydrogens (tertiary/aromatic N) is 4. The van der Waals surface area contributed by atoms with Crippen LogP contribution in [0, 0.1) is 6.92 Å². The Kier molecular flexibility index (Phi) is 5.72. The maximum Gasteiger partial charge on any atom is 0.277 e. The molecule has 0 saturated carbocycles. The fourth-order valence-corrected chi connectivity index (χ4v) is 4.30. The number of carbonyl (C=O) groups excluding carboxylic acids is 1. The van der Waals surface area contributed by atoms with Gasteiger partial charge in [0.2, 0.25) is 5.91 Å². The number of aryl methyl sites for hydroxylation is 2. The average Bonchev–Trinajstić information content (AvgIpc) is 3.04. The summed E-state index contributed by atoms with van der Waals surface area (Å²) in [5.74, 6) is -0.114. The first-order chi connectivity index (χ1) is 14.4. The molecule has 2 aromatic heterocycles. The fraction of sp³-hybridized carbons (Fsp3) is 0.435. The van der Waals surface area contributed by atoms with Gasteiger partial charge in [-0.05, 0) is 38.3 Å². The monoisotopic (exact) mass is 407 g/mol. The minimum Gasteiger partial charge on any atom is -0.351 e. The molecule has 4 rings (SSSR count). The summed E-state index contributed by atoms with van der Waals surface area (Å²) >= 11 is 0. The number of fused-ring (bicyclic) bond motifs is 1. The minimum absolute atomic E-state index is 0.114. The van der Waals surface area contributed by atoms with Crippen molar-refractivity contribution in [2.45, 2.75) is 45.3 Å². The third-order valence-electron chi connectivity index (χ3n) is 6.09. The molecule has 1 atom stereocenters. The molecule has 1 aliphatic heterocycles. The normalized spacial score (nSPS) is 16.6. The van der Waals surface area contributed by atoms with Crippen molar-refractivity contribution in [3.05, 3.63) is 64.2 Å². The predicted molar refractivity (Wildman–Crippen MR) is 117 cm³/mol. The van der Waals surface area contributed by atoms with Crippen LogP contribution in [0.25, 0.3) is 10.9 Å². The van der Waals surface area contributed by atoms with Crippen molar-refractivity contribution in [3.63, 3.8) is 0 Å². The molecule has 1 amide bonds. The van der Waals surface area contributed by atoms with Crippen molar-refractivity contribution < 1.29 is 4.79 Å². The van der Waals surface area contributed by atoms with Crippen LogP contribution in [0.5, 0.6) is 0 Å². The molecule has 0 bridgehead atoms. The Bertz CT molecular complexity index is 1090. The lowest BCUT2D eigenvalue weighted by molar-refractivity contribution is -0.125. The largest absolute Gasteiger partial charge is 0.351 e. The zero-order valence-electron chi connectivity index (χ0n) is 17.8. The van der Waals surface area contributed by atoms with E-state index >= 15 is 0 Å². The number of pyridine rings is 1. The van der Waals surface area contributed by atoms with Crippen LogP contribution in [0.15, 0.2) is 47.4 Å². The van der Waals surface area contributed by atoms with Crippen LogP contribution < -0.4 is 10.9 Å². The van der Waals surface area contributed by atoms with Gasteiger partial charge in [-0.2, -0.15) is 5.10 Å². The quantitative estimate of drug-likeness (QED) is 0.705. The van der Waals surface area contributed by atoms with E-state index in [1.54, 1.807) is 24.9 Å². The summed E-state index contributed by atoms with van der Waals surface area (Å²) in [4.78, 5) is 28.2. The van der Waals surface area contributed by atoms with E-state index in [1.165, 1.54) is 10.1 Å². The number of hydrogen-bond donors (Lipinski definition) is 1. The molecule has 7 heteroatoms. The lowest BCUT2D eigenvalue weighted by Crippen LogP contribution is -2.46. The second-order valence-electron chi connectivity index (χ2n) is 8.22. The number of amides is 1. The van der Waals surface area contributed by atoms with Gasteiger partial charge in [-0.1, -0.05) is 30.3 Å². The van der Waals surface area contributed by atoms with Gasteiger partial charge in [0, 0.05) is 44.3 Å². The Morgan fingerprint density at radius 1 is 1.20 bits per heavy atom. The van der Waals surface area contributed by atoms with Crippen LogP contribution in [-0.2, 0) is 18.4 Å². The molecule has 1 aliphatic rings. The summed E-state index contributed by atoms with van der Waals surface area (Å²) in [6, 6.07) is 11.9. The second-order valence-corrected chi connectivity index (χ2v) is 8.22. The van der Waals surface area contributed by atoms with Crippen molar-refractivity contribution in [3.8, 4) is 0 Å². The molecule has 1 fully saturated rings. The molecule has 0 aliphatic carbocycles. The standard InChI is InChI=1S/C23H29N5O2/c1-16-20-11-14-28(23(30)21(20)26(3)25-16)17(2)22(29)24-19-9-12-27(13-10-19)15-18-7-5-4-6-8-18/h4-8,11,14,17,19H,9-10,12-13,15H2,1-3H3,(H,24,29). The van der Waals surface area contributed by atoms with Crippen LogP contribution in [-0.4, -0.2) is 44.3 Å². The number of aromatic nitrogens is 3. The van der Waals surface area contributed by atoms with E-state index in [9.17, 15) is 9.59 Å². The molecule has 1 unspecified atom stereocenters. The van der Waals surface area contributed by atoms with Crippen LogP contribution in [0.4, 0.5) is 0 Å². The van der Waals surface area contributed by atoms with Crippen molar-refractivity contribution in [2.24, 2.45) is 7.05 Å². The molecule has 3 heterocycles. The first-order valence-corrected chi connectivity index (χ1v) is 10.5. The molecular formula is C23H29N5O2. The van der Waals surface area contributed by atoms with E-state index in [0.29, 0.717) is 5.52 Å². The predicted octanol–water partition coefficient (Wildman–Crippen LogP) is 2.39. The van der Waals surface area contributed by atoms with E-state index < -0.39 is 6.04 Å². The Hall–Kier alpha value is -2.93. The highest BCUT2D eigenvalue weighted by molar-refractivity contribution is 5.83. The Labute approximate surface area is 176 Å². The summed E-state index contributed by atoms with van der Waals surface area (Å²) < 4.78 is 3.10. The maximum atomic E-state index is 12.9. The molecule has 0 spiro atoms. The third kappa shape index (κ3) is 4.03. The number of piperidine rings is 1. The van der Waals surface area contributed by atoms with Gasteiger partial charge in [0.25, 0.3) is 5.56 Å². The topological polar surface area (TPSA) is 72.2 Å². The summed E-state index contributed by atoms with van der Waals surface area (Å²) in [7, 11) is 1.76. The first-order valence-electron chi connectivity index (χ1n) is 10.5. The van der Waals surface area contributed by atoms with Gasteiger partial charge in [0.15, 0.2) is 0 Å². The Morgan fingerprint density at radius 3 is 2.60 bits per heavy atom. The highest BCUT2D eigenvalue weighted by Crippen LogP contribution is 2.17. The van der Waals surface area contributed by atoms with Crippen LogP contribution >= 0.6 is 0 Å². The zero-order chi connectivity index (χ0) is 21.3. The minimum atomic E-state index is -0.570. The average molecular weight is 408 g/mol. The highest BCUT2D eigenvalue weighted by atomic mass is 16.2. The summed E-state index contributed by atoms with van der Waals surface area (Å²) in [5.41, 5.74) is 2.48. The first kappa shape index (κ1) is 20.3. The van der Waals surface area contributed by atoms with Gasteiger partial charge < -0.3 is 9.88 Å². The number of hydrogen-bond acceptors (Lipinski definition) is 4. The summed E-state index contributed by atoms with van der Waals surface area (Å²) in [5, 5.41) is 8.30. The van der Waals surface area contributed by atoms with E-state index in [1.807, 2.05) is 19.1 Å². The molecule has 158 valence electrons.